The van der Waals surface area contributed by atoms with Crippen LogP contribution in [-0.2, 0) is 4.74 Å². The fourth-order valence-electron chi connectivity index (χ4n) is 2.98. The molecule has 1 aromatic rings. The third-order valence-corrected chi connectivity index (χ3v) is 4.08. The molecule has 2 atom stereocenters. The van der Waals surface area contributed by atoms with Crippen molar-refractivity contribution in [2.75, 3.05) is 39.9 Å². The fourth-order valence-corrected chi connectivity index (χ4v) is 3.09. The van der Waals surface area contributed by atoms with Crippen LogP contribution in [0.4, 0.5) is 0 Å². The zero-order valence-corrected chi connectivity index (χ0v) is 12.2. The summed E-state index contributed by atoms with van der Waals surface area (Å²) in [5.41, 5.74) is 0.449. The lowest BCUT2D eigenvalue weighted by Gasteiger charge is -2.29. The molecule has 2 bridgehead atoms. The van der Waals surface area contributed by atoms with Gasteiger partial charge in [0.2, 0.25) is 0 Å². The van der Waals surface area contributed by atoms with E-state index < -0.39 is 0 Å². The Labute approximate surface area is 123 Å². The molecule has 2 aliphatic heterocycles. The molecule has 3 rings (SSSR count). The second-order valence-corrected chi connectivity index (χ2v) is 6.03. The van der Waals surface area contributed by atoms with Crippen LogP contribution in [0.1, 0.15) is 10.5 Å². The Bertz CT molecular complexity index is 494. The quantitative estimate of drug-likeness (QED) is 0.779. The maximum atomic E-state index is 12.7. The van der Waals surface area contributed by atoms with Gasteiger partial charge in [-0.15, -0.1) is 0 Å². The molecule has 5 nitrogen and oxygen atoms in total. The van der Waals surface area contributed by atoms with Crippen molar-refractivity contribution in [2.24, 2.45) is 5.92 Å². The van der Waals surface area contributed by atoms with Crippen LogP contribution >= 0.6 is 11.6 Å². The van der Waals surface area contributed by atoms with Crippen molar-refractivity contribution in [3.8, 4) is 0 Å². The fraction of sp³-hybridized carbons (Fsp3) is 0.571. The largest absolute Gasteiger partial charge is 0.379 e. The van der Waals surface area contributed by atoms with Gasteiger partial charge < -0.3 is 14.5 Å². The number of likely N-dealkylation sites (N-methyl/N-ethyl adjacent to an activating group) is 1. The number of halogens is 1. The molecule has 0 radical (unpaired) electrons. The summed E-state index contributed by atoms with van der Waals surface area (Å²) in [6.45, 7) is 3.86. The highest BCUT2D eigenvalue weighted by Crippen LogP contribution is 2.20. The second kappa shape index (κ2) is 5.68. The average molecular weight is 296 g/mol. The summed E-state index contributed by atoms with van der Waals surface area (Å²) in [7, 11) is 2.10. The van der Waals surface area contributed by atoms with Gasteiger partial charge in [0.15, 0.2) is 0 Å². The lowest BCUT2D eigenvalue weighted by Crippen LogP contribution is -2.46. The van der Waals surface area contributed by atoms with Crippen LogP contribution in [-0.4, -0.2) is 66.6 Å². The van der Waals surface area contributed by atoms with Crippen molar-refractivity contribution in [3.05, 3.63) is 29.0 Å². The molecule has 0 aliphatic carbocycles. The number of hydrogen-bond acceptors (Lipinski definition) is 4. The number of hydrogen-bond donors (Lipinski definition) is 0. The predicted octanol–water partition coefficient (Wildman–Crippen LogP) is 1.14. The highest BCUT2D eigenvalue weighted by atomic mass is 35.5. The molecule has 2 fully saturated rings. The van der Waals surface area contributed by atoms with E-state index >= 15 is 0 Å². The molecule has 0 unspecified atom stereocenters. The molecule has 2 aliphatic rings. The number of pyridine rings is 1. The summed E-state index contributed by atoms with van der Waals surface area (Å²) in [6.07, 6.45) is 1.52. The summed E-state index contributed by atoms with van der Waals surface area (Å²) in [6, 6.07) is 3.48. The van der Waals surface area contributed by atoms with E-state index in [0.29, 0.717) is 23.2 Å². The van der Waals surface area contributed by atoms with E-state index in [-0.39, 0.29) is 11.9 Å². The zero-order valence-electron chi connectivity index (χ0n) is 11.5. The van der Waals surface area contributed by atoms with Crippen molar-refractivity contribution in [1.29, 1.82) is 0 Å². The SMILES string of the molecule is CN1C[C@@H]2COC[C@H](C1)N(C(=O)c1ccc(Cl)cn1)C2. The first-order valence-corrected chi connectivity index (χ1v) is 7.20. The average Bonchev–Trinajstić information content (AvgIpc) is 2.69. The van der Waals surface area contributed by atoms with Gasteiger partial charge in [0.1, 0.15) is 5.69 Å². The number of ether oxygens (including phenoxy) is 1. The number of fused-ring (bicyclic) bond motifs is 3. The molecule has 0 aromatic carbocycles. The van der Waals surface area contributed by atoms with Crippen molar-refractivity contribution in [2.45, 2.75) is 6.04 Å². The Hall–Kier alpha value is -1.17. The van der Waals surface area contributed by atoms with E-state index in [4.69, 9.17) is 16.3 Å². The van der Waals surface area contributed by atoms with Gasteiger partial charge in [-0.2, -0.15) is 0 Å². The smallest absolute Gasteiger partial charge is 0.272 e. The van der Waals surface area contributed by atoms with Gasteiger partial charge in [-0.05, 0) is 19.2 Å². The molecule has 108 valence electrons. The van der Waals surface area contributed by atoms with Crippen molar-refractivity contribution < 1.29 is 9.53 Å². The van der Waals surface area contributed by atoms with Crippen LogP contribution in [0.2, 0.25) is 5.02 Å². The highest BCUT2D eigenvalue weighted by Gasteiger charge is 2.35. The van der Waals surface area contributed by atoms with Gasteiger partial charge in [0.25, 0.3) is 5.91 Å². The number of amides is 1. The lowest BCUT2D eigenvalue weighted by atomic mass is 10.1. The molecule has 0 N–H and O–H groups in total. The van der Waals surface area contributed by atoms with E-state index in [0.717, 1.165) is 26.2 Å². The molecule has 6 heteroatoms. The first-order valence-electron chi connectivity index (χ1n) is 6.82. The number of rotatable bonds is 1. The van der Waals surface area contributed by atoms with Gasteiger partial charge in [0.05, 0.1) is 24.3 Å². The first-order chi connectivity index (χ1) is 9.63. The summed E-state index contributed by atoms with van der Waals surface area (Å²) in [5, 5.41) is 0.541. The number of carbonyl (C=O) groups excluding carboxylic acids is 1. The minimum absolute atomic E-state index is 0.0301. The summed E-state index contributed by atoms with van der Waals surface area (Å²) < 4.78 is 5.68. The van der Waals surface area contributed by atoms with E-state index in [1.807, 2.05) is 4.90 Å². The Morgan fingerprint density at radius 2 is 2.20 bits per heavy atom. The van der Waals surface area contributed by atoms with Crippen LogP contribution in [0.15, 0.2) is 18.3 Å². The second-order valence-electron chi connectivity index (χ2n) is 5.60. The maximum absolute atomic E-state index is 12.7. The van der Waals surface area contributed by atoms with Crippen LogP contribution in [0.3, 0.4) is 0 Å². The first kappa shape index (κ1) is 13.8. The molecule has 20 heavy (non-hydrogen) atoms. The number of aromatic nitrogens is 1. The molecule has 0 saturated carbocycles. The van der Waals surface area contributed by atoms with Gasteiger partial charge in [-0.1, -0.05) is 11.6 Å². The normalized spacial score (nSPS) is 27.2. The topological polar surface area (TPSA) is 45.7 Å². The molecular weight excluding hydrogens is 278 g/mol. The van der Waals surface area contributed by atoms with Crippen molar-refractivity contribution in [1.82, 2.24) is 14.8 Å². The zero-order chi connectivity index (χ0) is 14.1. The van der Waals surface area contributed by atoms with Crippen LogP contribution in [0, 0.1) is 5.92 Å². The van der Waals surface area contributed by atoms with E-state index in [9.17, 15) is 4.79 Å². The lowest BCUT2D eigenvalue weighted by molar-refractivity contribution is 0.0480. The predicted molar refractivity (Wildman–Crippen MR) is 75.9 cm³/mol. The molecule has 1 amide bonds. The van der Waals surface area contributed by atoms with Crippen molar-refractivity contribution in [3.63, 3.8) is 0 Å². The highest BCUT2D eigenvalue weighted by molar-refractivity contribution is 6.30. The Balaban J connectivity index is 1.84. The molecule has 3 heterocycles. The summed E-state index contributed by atoms with van der Waals surface area (Å²) >= 11 is 5.82. The van der Waals surface area contributed by atoms with E-state index in [2.05, 4.69) is 16.9 Å². The number of nitrogens with zero attached hydrogens (tertiary/aromatic N) is 3. The van der Waals surface area contributed by atoms with Gasteiger partial charge in [-0.3, -0.25) is 4.79 Å². The Morgan fingerprint density at radius 1 is 1.35 bits per heavy atom. The third-order valence-electron chi connectivity index (χ3n) is 3.86. The Kier molecular flexibility index (Phi) is 3.92. The third kappa shape index (κ3) is 2.80. The maximum Gasteiger partial charge on any atom is 0.272 e. The Morgan fingerprint density at radius 3 is 2.95 bits per heavy atom. The van der Waals surface area contributed by atoms with Gasteiger partial charge in [-0.25, -0.2) is 4.98 Å². The molecular formula is C14H18ClN3O2. The van der Waals surface area contributed by atoms with Crippen molar-refractivity contribution >= 4 is 17.5 Å². The van der Waals surface area contributed by atoms with Gasteiger partial charge >= 0.3 is 0 Å². The van der Waals surface area contributed by atoms with Gasteiger partial charge in [0, 0.05) is 31.7 Å². The van der Waals surface area contributed by atoms with Crippen LogP contribution in [0.5, 0.6) is 0 Å². The minimum atomic E-state index is -0.0301. The van der Waals surface area contributed by atoms with Crippen LogP contribution in [0.25, 0.3) is 0 Å². The van der Waals surface area contributed by atoms with Crippen LogP contribution < -0.4 is 0 Å². The van der Waals surface area contributed by atoms with E-state index in [1.165, 1.54) is 6.20 Å². The molecule has 1 aromatic heterocycles. The number of carbonyl (C=O) groups is 1. The molecule has 0 spiro atoms. The van der Waals surface area contributed by atoms with E-state index in [1.54, 1.807) is 12.1 Å². The summed E-state index contributed by atoms with van der Waals surface area (Å²) in [5.74, 6) is 0.334. The minimum Gasteiger partial charge on any atom is -0.379 e. The standard InChI is InChI=1S/C14H18ClN3O2/c1-17-5-10-6-18(12(7-17)9-20-8-10)14(19)13-3-2-11(15)4-16-13/h2-4,10,12H,5-9H2,1H3/t10-,12-/m0/s1. The molecule has 2 saturated heterocycles. The monoisotopic (exact) mass is 295 g/mol. The summed E-state index contributed by atoms with van der Waals surface area (Å²) in [4.78, 5) is 21.0.